The van der Waals surface area contributed by atoms with Crippen molar-refractivity contribution in [1.29, 1.82) is 0 Å². The van der Waals surface area contributed by atoms with Crippen LogP contribution in [0.5, 0.6) is 11.5 Å². The number of phenols is 2. The zero-order valence-electron chi connectivity index (χ0n) is 6.92. The van der Waals surface area contributed by atoms with E-state index < -0.39 is 0 Å². The van der Waals surface area contributed by atoms with E-state index in [-0.39, 0.29) is 17.3 Å². The number of halogens is 1. The van der Waals surface area contributed by atoms with Crippen LogP contribution >= 0.6 is 0 Å². The van der Waals surface area contributed by atoms with E-state index in [4.69, 9.17) is 5.11 Å². The first-order valence-corrected chi connectivity index (χ1v) is 4.10. The molecule has 0 heterocycles. The Balaban J connectivity index is 2.65. The summed E-state index contributed by atoms with van der Waals surface area (Å²) in [5.74, 6) is -0.703. The summed E-state index contributed by atoms with van der Waals surface area (Å²) in [6.07, 6.45) is 2.62. The number of aromatic hydroxyl groups is 2. The third-order valence-corrected chi connectivity index (χ3v) is 2.24. The van der Waals surface area contributed by atoms with Crippen LogP contribution in [0.15, 0.2) is 18.2 Å². The highest BCUT2D eigenvalue weighted by Gasteiger charge is 2.17. The minimum atomic E-state index is -0.323. The summed E-state index contributed by atoms with van der Waals surface area (Å²) < 4.78 is 13.2. The van der Waals surface area contributed by atoms with E-state index in [1.165, 1.54) is 18.2 Å². The van der Waals surface area contributed by atoms with Crippen LogP contribution in [0.25, 0.3) is 5.83 Å². The van der Waals surface area contributed by atoms with Gasteiger partial charge >= 0.3 is 0 Å². The van der Waals surface area contributed by atoms with Crippen LogP contribution in [0.4, 0.5) is 4.39 Å². The predicted octanol–water partition coefficient (Wildman–Crippen LogP) is 2.35. The topological polar surface area (TPSA) is 40.5 Å². The molecule has 0 unspecified atom stereocenters. The summed E-state index contributed by atoms with van der Waals surface area (Å²) in [6.45, 7) is 0. The maximum Gasteiger partial charge on any atom is 0.161 e. The number of hydrogen-bond acceptors (Lipinski definition) is 2. The van der Waals surface area contributed by atoms with Gasteiger partial charge in [0.2, 0.25) is 0 Å². The second-order valence-electron chi connectivity index (χ2n) is 3.05. The second-order valence-corrected chi connectivity index (χ2v) is 3.05. The molecule has 3 heteroatoms. The van der Waals surface area contributed by atoms with Gasteiger partial charge in [-0.2, -0.15) is 0 Å². The molecule has 2 rings (SSSR count). The maximum atomic E-state index is 13.2. The Morgan fingerprint density at radius 3 is 2.77 bits per heavy atom. The molecule has 0 spiro atoms. The molecule has 1 aromatic rings. The molecule has 0 saturated carbocycles. The average molecular weight is 180 g/mol. The third-order valence-electron chi connectivity index (χ3n) is 2.24. The number of hydrogen-bond donors (Lipinski definition) is 2. The van der Waals surface area contributed by atoms with Gasteiger partial charge in [0, 0.05) is 11.1 Å². The van der Waals surface area contributed by atoms with E-state index in [2.05, 4.69) is 0 Å². The molecule has 13 heavy (non-hydrogen) atoms. The Bertz CT molecular complexity index is 383. The molecule has 1 aliphatic rings. The molecule has 0 saturated heterocycles. The lowest BCUT2D eigenvalue weighted by Gasteiger charge is -2.14. The minimum Gasteiger partial charge on any atom is -0.504 e. The molecule has 68 valence electrons. The molecule has 0 fully saturated rings. The fourth-order valence-corrected chi connectivity index (χ4v) is 1.55. The Kier molecular flexibility index (Phi) is 1.72. The molecule has 1 aromatic carbocycles. The van der Waals surface area contributed by atoms with Crippen LogP contribution in [0.1, 0.15) is 17.5 Å². The van der Waals surface area contributed by atoms with Crippen molar-refractivity contribution in [2.45, 2.75) is 12.8 Å². The van der Waals surface area contributed by atoms with E-state index >= 15 is 0 Å². The smallest absolute Gasteiger partial charge is 0.161 e. The lowest BCUT2D eigenvalue weighted by Crippen LogP contribution is -1.97. The second kappa shape index (κ2) is 2.76. The lowest BCUT2D eigenvalue weighted by molar-refractivity contribution is 0.398. The number of fused-ring (bicyclic) bond motifs is 1. The van der Waals surface area contributed by atoms with Crippen molar-refractivity contribution >= 4 is 5.83 Å². The number of phenolic OH excluding ortho intramolecular Hbond substituents is 2. The van der Waals surface area contributed by atoms with E-state index in [1.807, 2.05) is 0 Å². The quantitative estimate of drug-likeness (QED) is 0.601. The fraction of sp³-hybridized carbons (Fsp3) is 0.200. The summed E-state index contributed by atoms with van der Waals surface area (Å²) in [6, 6.07) is 2.78. The third kappa shape index (κ3) is 1.16. The highest BCUT2D eigenvalue weighted by molar-refractivity contribution is 5.69. The van der Waals surface area contributed by atoms with Crippen molar-refractivity contribution in [2.24, 2.45) is 0 Å². The molecule has 0 radical (unpaired) electrons. The highest BCUT2D eigenvalue weighted by Crippen LogP contribution is 2.38. The average Bonchev–Trinajstić information content (AvgIpc) is 2.12. The van der Waals surface area contributed by atoms with Crippen LogP contribution in [-0.4, -0.2) is 10.2 Å². The summed E-state index contributed by atoms with van der Waals surface area (Å²) in [5.41, 5.74) is 0.890. The van der Waals surface area contributed by atoms with Gasteiger partial charge in [0.25, 0.3) is 0 Å². The minimum absolute atomic E-state index is 0.187. The monoisotopic (exact) mass is 180 g/mol. The van der Waals surface area contributed by atoms with E-state index in [1.54, 1.807) is 0 Å². The highest BCUT2D eigenvalue weighted by atomic mass is 19.1. The molecular formula is C10H9FO2. The number of allylic oxidation sites excluding steroid dienone is 1. The molecule has 0 atom stereocenters. The molecule has 0 aromatic heterocycles. The molecule has 0 amide bonds. The Morgan fingerprint density at radius 1 is 1.23 bits per heavy atom. The number of rotatable bonds is 0. The van der Waals surface area contributed by atoms with Gasteiger partial charge in [-0.3, -0.25) is 0 Å². The van der Waals surface area contributed by atoms with Gasteiger partial charge in [-0.05, 0) is 31.1 Å². The van der Waals surface area contributed by atoms with Gasteiger partial charge in [0.15, 0.2) is 11.5 Å². The Morgan fingerprint density at radius 2 is 2.00 bits per heavy atom. The molecular weight excluding hydrogens is 171 g/mol. The van der Waals surface area contributed by atoms with Crippen molar-refractivity contribution < 1.29 is 14.6 Å². The standard InChI is InChI=1S/C10H9FO2/c11-8-3-1-2-7-6(8)4-5-9(12)10(7)13/h3-5,12-13H,1-2H2. The first kappa shape index (κ1) is 8.10. The van der Waals surface area contributed by atoms with E-state index in [0.29, 0.717) is 24.0 Å². The zero-order valence-corrected chi connectivity index (χ0v) is 6.92. The van der Waals surface area contributed by atoms with Gasteiger partial charge in [0.1, 0.15) is 5.83 Å². The zero-order chi connectivity index (χ0) is 9.42. The molecule has 1 aliphatic carbocycles. The van der Waals surface area contributed by atoms with Crippen LogP contribution < -0.4 is 0 Å². The van der Waals surface area contributed by atoms with E-state index in [9.17, 15) is 9.50 Å². The normalized spacial score (nSPS) is 15.0. The summed E-state index contributed by atoms with van der Waals surface area (Å²) in [5, 5.41) is 18.6. The van der Waals surface area contributed by atoms with Gasteiger partial charge < -0.3 is 10.2 Å². The van der Waals surface area contributed by atoms with Gasteiger partial charge in [-0.25, -0.2) is 4.39 Å². The lowest BCUT2D eigenvalue weighted by atomic mass is 9.95. The van der Waals surface area contributed by atoms with E-state index in [0.717, 1.165) is 0 Å². The first-order chi connectivity index (χ1) is 6.20. The molecule has 0 aliphatic heterocycles. The molecule has 0 bridgehead atoms. The summed E-state index contributed by atoms with van der Waals surface area (Å²) >= 11 is 0. The molecule has 2 N–H and O–H groups in total. The van der Waals surface area contributed by atoms with Crippen molar-refractivity contribution in [2.75, 3.05) is 0 Å². The van der Waals surface area contributed by atoms with Gasteiger partial charge in [-0.1, -0.05) is 0 Å². The largest absolute Gasteiger partial charge is 0.504 e. The van der Waals surface area contributed by atoms with Gasteiger partial charge in [-0.15, -0.1) is 0 Å². The van der Waals surface area contributed by atoms with Gasteiger partial charge in [0.05, 0.1) is 0 Å². The number of benzene rings is 1. The molecule has 2 nitrogen and oxygen atoms in total. The summed E-state index contributed by atoms with van der Waals surface area (Å²) in [4.78, 5) is 0. The van der Waals surface area contributed by atoms with Crippen LogP contribution in [0.2, 0.25) is 0 Å². The van der Waals surface area contributed by atoms with Crippen LogP contribution in [0, 0.1) is 0 Å². The van der Waals surface area contributed by atoms with Crippen LogP contribution in [-0.2, 0) is 6.42 Å². The Labute approximate surface area is 74.9 Å². The Hall–Kier alpha value is -1.51. The van der Waals surface area contributed by atoms with Crippen LogP contribution in [0.3, 0.4) is 0 Å². The van der Waals surface area contributed by atoms with Crippen molar-refractivity contribution in [3.8, 4) is 11.5 Å². The fourth-order valence-electron chi connectivity index (χ4n) is 1.55. The SMILES string of the molecule is Oc1ccc2c(c1O)CCC=C2F. The predicted molar refractivity (Wildman–Crippen MR) is 47.2 cm³/mol. The summed E-state index contributed by atoms with van der Waals surface area (Å²) in [7, 11) is 0. The first-order valence-electron chi connectivity index (χ1n) is 4.10. The maximum absolute atomic E-state index is 13.2. The van der Waals surface area contributed by atoms with Crippen molar-refractivity contribution in [3.63, 3.8) is 0 Å². The van der Waals surface area contributed by atoms with Crippen molar-refractivity contribution in [3.05, 3.63) is 29.3 Å². The van der Waals surface area contributed by atoms with Crippen molar-refractivity contribution in [1.82, 2.24) is 0 Å².